The van der Waals surface area contributed by atoms with Crippen LogP contribution in [0.15, 0.2) is 41.5 Å². The zero-order valence-electron chi connectivity index (χ0n) is 18.5. The number of carbonyl (C=O) groups is 1. The van der Waals surface area contributed by atoms with Gasteiger partial charge in [0.05, 0.1) is 16.8 Å². The van der Waals surface area contributed by atoms with E-state index in [4.69, 9.17) is 27.9 Å². The van der Waals surface area contributed by atoms with E-state index in [2.05, 4.69) is 42.3 Å². The number of hydrazone groups is 1. The number of hydrogen-bond acceptors (Lipinski definition) is 4. The molecule has 32 heavy (non-hydrogen) atoms. The largest absolute Gasteiger partial charge is 0.482 e. The summed E-state index contributed by atoms with van der Waals surface area (Å²) in [6.07, 6.45) is 4.43. The molecule has 0 saturated heterocycles. The van der Waals surface area contributed by atoms with Crippen LogP contribution in [-0.2, 0) is 4.79 Å². The topological polar surface area (TPSA) is 53.9 Å². The molecule has 0 fully saturated rings. The van der Waals surface area contributed by atoms with E-state index < -0.39 is 11.7 Å². The minimum atomic E-state index is -0.502. The van der Waals surface area contributed by atoms with Crippen LogP contribution in [0, 0.1) is 5.82 Å². The fraction of sp³-hybridized carbons (Fsp3) is 0.333. The fourth-order valence-corrected chi connectivity index (χ4v) is 4.25. The van der Waals surface area contributed by atoms with Gasteiger partial charge in [0.25, 0.3) is 5.91 Å². The smallest absolute Gasteiger partial charge is 0.277 e. The summed E-state index contributed by atoms with van der Waals surface area (Å²) < 4.78 is 20.2. The first kappa shape index (κ1) is 24.1. The summed E-state index contributed by atoms with van der Waals surface area (Å²) in [6.45, 7) is 8.89. The van der Waals surface area contributed by atoms with E-state index in [0.717, 1.165) is 29.8 Å². The van der Waals surface area contributed by atoms with E-state index in [0.29, 0.717) is 15.8 Å². The molecule has 0 saturated carbocycles. The van der Waals surface area contributed by atoms with Crippen LogP contribution >= 0.6 is 23.2 Å². The minimum absolute atomic E-state index is 0.198. The first-order valence-electron chi connectivity index (χ1n) is 10.3. The molecule has 1 heterocycles. The molecule has 1 amide bonds. The minimum Gasteiger partial charge on any atom is -0.482 e. The van der Waals surface area contributed by atoms with Crippen LogP contribution in [0.2, 0.25) is 10.0 Å². The lowest BCUT2D eigenvalue weighted by Gasteiger charge is -2.43. The predicted octanol–water partition coefficient (Wildman–Crippen LogP) is 6.07. The second-order valence-corrected chi connectivity index (χ2v) is 9.02. The molecule has 2 aromatic rings. The van der Waals surface area contributed by atoms with Crippen molar-refractivity contribution < 1.29 is 13.9 Å². The van der Waals surface area contributed by atoms with E-state index in [1.807, 2.05) is 6.92 Å². The molecule has 0 aliphatic carbocycles. The van der Waals surface area contributed by atoms with E-state index in [1.165, 1.54) is 18.3 Å². The number of amides is 1. The molecule has 0 radical (unpaired) electrons. The number of hydrogen-bond donors (Lipinski definition) is 1. The van der Waals surface area contributed by atoms with Crippen molar-refractivity contribution in [3.63, 3.8) is 0 Å². The molecule has 5 nitrogen and oxygen atoms in total. The molecule has 0 bridgehead atoms. The van der Waals surface area contributed by atoms with E-state index in [1.54, 1.807) is 18.2 Å². The SMILES string of the molecule is CCCN1c2cc(F)c(/C=N/NC(=O)COc3ccc(Cl)cc3Cl)cc2C(C)=CC1(C)C. The maximum absolute atomic E-state index is 14.8. The Morgan fingerprint density at radius 3 is 2.72 bits per heavy atom. The third kappa shape index (κ3) is 5.43. The van der Waals surface area contributed by atoms with Gasteiger partial charge in [-0.15, -0.1) is 0 Å². The number of nitrogens with zero attached hydrogens (tertiary/aromatic N) is 2. The van der Waals surface area contributed by atoms with Crippen LogP contribution in [0.3, 0.4) is 0 Å². The fourth-order valence-electron chi connectivity index (χ4n) is 3.79. The van der Waals surface area contributed by atoms with Crippen LogP contribution < -0.4 is 15.1 Å². The Balaban J connectivity index is 1.70. The van der Waals surface area contributed by atoms with E-state index in [9.17, 15) is 9.18 Å². The molecule has 2 aromatic carbocycles. The predicted molar refractivity (Wildman–Crippen MR) is 129 cm³/mol. The Morgan fingerprint density at radius 1 is 1.28 bits per heavy atom. The Morgan fingerprint density at radius 2 is 2.03 bits per heavy atom. The normalized spacial score (nSPS) is 14.8. The zero-order valence-corrected chi connectivity index (χ0v) is 20.0. The van der Waals surface area contributed by atoms with Crippen molar-refractivity contribution in [3.8, 4) is 5.75 Å². The Hall–Kier alpha value is -2.57. The summed E-state index contributed by atoms with van der Waals surface area (Å²) in [7, 11) is 0. The van der Waals surface area contributed by atoms with Crippen molar-refractivity contribution in [1.29, 1.82) is 0 Å². The second-order valence-electron chi connectivity index (χ2n) is 8.18. The van der Waals surface area contributed by atoms with Crippen molar-refractivity contribution in [2.75, 3.05) is 18.1 Å². The number of rotatable bonds is 7. The summed E-state index contributed by atoms with van der Waals surface area (Å²) >= 11 is 11.8. The number of ether oxygens (including phenoxy) is 1. The van der Waals surface area contributed by atoms with Gasteiger partial charge in [0.1, 0.15) is 11.6 Å². The Bertz CT molecular complexity index is 1080. The number of halogens is 3. The molecular weight excluding hydrogens is 452 g/mol. The number of carbonyl (C=O) groups excluding carboxylic acids is 1. The Kier molecular flexibility index (Phi) is 7.47. The van der Waals surface area contributed by atoms with Crippen molar-refractivity contribution in [3.05, 3.63) is 63.4 Å². The lowest BCUT2D eigenvalue weighted by molar-refractivity contribution is -0.123. The van der Waals surface area contributed by atoms with Crippen LogP contribution in [0.5, 0.6) is 5.75 Å². The lowest BCUT2D eigenvalue weighted by atomic mass is 9.88. The zero-order chi connectivity index (χ0) is 23.5. The average Bonchev–Trinajstić information content (AvgIpc) is 2.71. The van der Waals surface area contributed by atoms with Crippen LogP contribution in [0.4, 0.5) is 10.1 Å². The molecule has 1 N–H and O–H groups in total. The van der Waals surface area contributed by atoms with Crippen LogP contribution in [0.25, 0.3) is 5.57 Å². The monoisotopic (exact) mass is 477 g/mol. The molecule has 0 spiro atoms. The summed E-state index contributed by atoms with van der Waals surface area (Å²) in [5, 5.41) is 4.64. The van der Waals surface area contributed by atoms with Gasteiger partial charge in [-0.2, -0.15) is 5.10 Å². The first-order valence-corrected chi connectivity index (χ1v) is 11.1. The van der Waals surface area contributed by atoms with Gasteiger partial charge in [0.15, 0.2) is 6.61 Å². The number of nitrogens with one attached hydrogen (secondary N) is 1. The van der Waals surface area contributed by atoms with Crippen LogP contribution in [0.1, 0.15) is 45.2 Å². The molecule has 170 valence electrons. The summed E-state index contributed by atoms with van der Waals surface area (Å²) in [4.78, 5) is 14.2. The quantitative estimate of drug-likeness (QED) is 0.388. The molecule has 0 aromatic heterocycles. The maximum Gasteiger partial charge on any atom is 0.277 e. The van der Waals surface area contributed by atoms with Crippen molar-refractivity contribution in [2.24, 2.45) is 5.10 Å². The summed E-state index contributed by atoms with van der Waals surface area (Å²) in [5.74, 6) is -0.576. The van der Waals surface area contributed by atoms with Gasteiger partial charge in [-0.05, 0) is 63.1 Å². The highest BCUT2D eigenvalue weighted by Crippen LogP contribution is 2.40. The number of benzene rings is 2. The van der Waals surface area contributed by atoms with Crippen molar-refractivity contribution in [1.82, 2.24) is 5.43 Å². The van der Waals surface area contributed by atoms with E-state index >= 15 is 0 Å². The van der Waals surface area contributed by atoms with Gasteiger partial charge >= 0.3 is 0 Å². The molecule has 1 aliphatic rings. The highest BCUT2D eigenvalue weighted by Gasteiger charge is 2.31. The molecule has 1 aliphatic heterocycles. The lowest BCUT2D eigenvalue weighted by Crippen LogP contribution is -2.45. The molecule has 0 atom stereocenters. The number of anilines is 1. The van der Waals surface area contributed by atoms with Gasteiger partial charge in [0.2, 0.25) is 0 Å². The number of fused-ring (bicyclic) bond motifs is 1. The Labute approximate surface area is 197 Å². The van der Waals surface area contributed by atoms with Gasteiger partial charge in [-0.3, -0.25) is 4.79 Å². The van der Waals surface area contributed by atoms with Gasteiger partial charge in [0, 0.05) is 28.4 Å². The van der Waals surface area contributed by atoms with Crippen molar-refractivity contribution in [2.45, 2.75) is 39.7 Å². The van der Waals surface area contributed by atoms with Gasteiger partial charge in [-0.1, -0.05) is 36.2 Å². The first-order chi connectivity index (χ1) is 15.1. The van der Waals surface area contributed by atoms with Gasteiger partial charge in [-0.25, -0.2) is 9.82 Å². The van der Waals surface area contributed by atoms with Gasteiger partial charge < -0.3 is 9.64 Å². The van der Waals surface area contributed by atoms with Crippen molar-refractivity contribution >= 4 is 46.6 Å². The summed E-state index contributed by atoms with van der Waals surface area (Å²) in [5.41, 5.74) is 5.32. The second kappa shape index (κ2) is 9.92. The third-order valence-electron chi connectivity index (χ3n) is 5.19. The standard InChI is InChI=1S/C24H26Cl2FN3O2/c1-5-8-30-21-11-20(27)16(9-18(21)15(2)12-24(30,3)4)13-28-29-23(31)14-32-22-7-6-17(25)10-19(22)26/h6-7,9-13H,5,8,14H2,1-4H3,(H,29,31)/b28-13+. The highest BCUT2D eigenvalue weighted by atomic mass is 35.5. The average molecular weight is 478 g/mol. The molecule has 8 heteroatoms. The summed E-state index contributed by atoms with van der Waals surface area (Å²) in [6, 6.07) is 8.00. The van der Waals surface area contributed by atoms with E-state index in [-0.39, 0.29) is 17.7 Å². The molecular formula is C24H26Cl2FN3O2. The number of allylic oxidation sites excluding steroid dienone is 1. The van der Waals surface area contributed by atoms with Crippen LogP contribution in [-0.4, -0.2) is 30.8 Å². The maximum atomic E-state index is 14.8. The third-order valence-corrected chi connectivity index (χ3v) is 5.72. The highest BCUT2D eigenvalue weighted by molar-refractivity contribution is 6.35. The molecule has 0 unspecified atom stereocenters. The molecule has 3 rings (SSSR count).